The van der Waals surface area contributed by atoms with Gasteiger partial charge in [-0.2, -0.15) is 9.97 Å². The standard InChI is InChI=1S/C24H24Cl2N10/c1-3-15-19(21(27)33-23(29)31-15)11-5-7-13(25)17(9-11)35-36-18-10-12(6-8-14(18)26)20-16(4-2)32-24(30)34-22(20)28/h5-10H,3-4H2,1-2H3,(H4,27,29,31,33)(H4,28,30,32,34). The van der Waals surface area contributed by atoms with Crippen LogP contribution in [0.1, 0.15) is 25.2 Å². The summed E-state index contributed by atoms with van der Waals surface area (Å²) in [4.78, 5) is 16.8. The van der Waals surface area contributed by atoms with E-state index >= 15 is 0 Å². The number of aromatic nitrogens is 4. The molecule has 0 aliphatic carbocycles. The highest BCUT2D eigenvalue weighted by Gasteiger charge is 2.16. The maximum atomic E-state index is 6.42. The molecule has 0 atom stereocenters. The molecule has 0 saturated heterocycles. The highest BCUT2D eigenvalue weighted by Crippen LogP contribution is 2.38. The molecule has 0 bridgehead atoms. The smallest absolute Gasteiger partial charge is 0.222 e. The number of rotatable bonds is 6. The molecule has 0 radical (unpaired) electrons. The van der Waals surface area contributed by atoms with Crippen LogP contribution in [0.2, 0.25) is 10.0 Å². The van der Waals surface area contributed by atoms with Crippen LogP contribution in [0.3, 0.4) is 0 Å². The third-order valence-electron chi connectivity index (χ3n) is 5.46. The van der Waals surface area contributed by atoms with Crippen LogP contribution in [-0.4, -0.2) is 19.9 Å². The van der Waals surface area contributed by atoms with E-state index in [0.717, 1.165) is 22.5 Å². The van der Waals surface area contributed by atoms with Crippen molar-refractivity contribution >= 4 is 58.1 Å². The molecule has 0 fully saturated rings. The first kappa shape index (κ1) is 25.1. The zero-order valence-corrected chi connectivity index (χ0v) is 21.1. The number of azo groups is 1. The van der Waals surface area contributed by atoms with Crippen molar-refractivity contribution in [2.75, 3.05) is 22.9 Å². The maximum absolute atomic E-state index is 6.42. The molecule has 4 aromatic rings. The molecule has 10 nitrogen and oxygen atoms in total. The lowest BCUT2D eigenvalue weighted by Gasteiger charge is -2.12. The Kier molecular flexibility index (Phi) is 7.18. The number of hydrogen-bond acceptors (Lipinski definition) is 10. The Morgan fingerprint density at radius 2 is 1.03 bits per heavy atom. The first-order valence-corrected chi connectivity index (χ1v) is 11.8. The molecular weight excluding hydrogens is 499 g/mol. The zero-order valence-electron chi connectivity index (χ0n) is 19.6. The molecule has 0 aliphatic rings. The van der Waals surface area contributed by atoms with Gasteiger partial charge in [-0.05, 0) is 48.2 Å². The zero-order chi connectivity index (χ0) is 26.0. The number of nitrogens with zero attached hydrogens (tertiary/aromatic N) is 6. The molecule has 0 saturated carbocycles. The second kappa shape index (κ2) is 10.3. The number of anilines is 4. The predicted molar refractivity (Wildman–Crippen MR) is 146 cm³/mol. The van der Waals surface area contributed by atoms with Crippen LogP contribution in [-0.2, 0) is 12.8 Å². The van der Waals surface area contributed by atoms with Crippen LogP contribution in [0.4, 0.5) is 34.9 Å². The highest BCUT2D eigenvalue weighted by molar-refractivity contribution is 6.33. The van der Waals surface area contributed by atoms with Crippen LogP contribution in [0.25, 0.3) is 22.3 Å². The van der Waals surface area contributed by atoms with Gasteiger partial charge in [0.15, 0.2) is 0 Å². The van der Waals surface area contributed by atoms with E-state index in [-0.39, 0.29) is 23.5 Å². The fraction of sp³-hybridized carbons (Fsp3) is 0.167. The average Bonchev–Trinajstić information content (AvgIpc) is 2.84. The summed E-state index contributed by atoms with van der Waals surface area (Å²) in [5.41, 5.74) is 28.9. The number of halogens is 2. The Balaban J connectivity index is 1.76. The normalized spacial score (nSPS) is 11.3. The van der Waals surface area contributed by atoms with E-state index in [4.69, 9.17) is 46.1 Å². The van der Waals surface area contributed by atoms with E-state index in [1.165, 1.54) is 0 Å². The lowest BCUT2D eigenvalue weighted by Crippen LogP contribution is -2.06. The van der Waals surface area contributed by atoms with E-state index in [1.54, 1.807) is 24.3 Å². The number of aryl methyl sites for hydroxylation is 2. The summed E-state index contributed by atoms with van der Waals surface area (Å²) < 4.78 is 0. The van der Waals surface area contributed by atoms with Gasteiger partial charge in [-0.3, -0.25) is 0 Å². The van der Waals surface area contributed by atoms with Gasteiger partial charge >= 0.3 is 0 Å². The van der Waals surface area contributed by atoms with Crippen LogP contribution in [0.5, 0.6) is 0 Å². The van der Waals surface area contributed by atoms with Gasteiger partial charge in [0.25, 0.3) is 0 Å². The maximum Gasteiger partial charge on any atom is 0.222 e. The van der Waals surface area contributed by atoms with Gasteiger partial charge in [-0.25, -0.2) is 9.97 Å². The topological polar surface area (TPSA) is 180 Å². The molecule has 2 aromatic carbocycles. The molecule has 184 valence electrons. The lowest BCUT2D eigenvalue weighted by atomic mass is 10.0. The minimum atomic E-state index is 0.120. The van der Waals surface area contributed by atoms with Gasteiger partial charge < -0.3 is 22.9 Å². The summed E-state index contributed by atoms with van der Waals surface area (Å²) in [6, 6.07) is 10.6. The van der Waals surface area contributed by atoms with Crippen LogP contribution in [0, 0.1) is 0 Å². The molecule has 0 spiro atoms. The molecule has 36 heavy (non-hydrogen) atoms. The third kappa shape index (κ3) is 5.00. The van der Waals surface area contributed by atoms with Crippen molar-refractivity contribution in [2.24, 2.45) is 10.2 Å². The van der Waals surface area contributed by atoms with Crippen molar-refractivity contribution in [3.8, 4) is 22.3 Å². The molecule has 0 aliphatic heterocycles. The lowest BCUT2D eigenvalue weighted by molar-refractivity contribution is 1.02. The van der Waals surface area contributed by atoms with Gasteiger partial charge in [-0.15, -0.1) is 10.2 Å². The van der Waals surface area contributed by atoms with Gasteiger partial charge in [-0.1, -0.05) is 49.2 Å². The fourth-order valence-electron chi connectivity index (χ4n) is 3.83. The number of nitrogen functional groups attached to an aromatic ring is 4. The Morgan fingerprint density at radius 3 is 1.39 bits per heavy atom. The second-order valence-corrected chi connectivity index (χ2v) is 8.63. The predicted octanol–water partition coefficient (Wildman–Crippen LogP) is 5.78. The number of nitrogens with two attached hydrogens (primary N) is 4. The van der Waals surface area contributed by atoms with Gasteiger partial charge in [0.05, 0.1) is 21.4 Å². The molecule has 0 amide bonds. The van der Waals surface area contributed by atoms with E-state index < -0.39 is 0 Å². The van der Waals surface area contributed by atoms with Crippen molar-refractivity contribution in [1.82, 2.24) is 19.9 Å². The van der Waals surface area contributed by atoms with Gasteiger partial charge in [0.2, 0.25) is 11.9 Å². The summed E-state index contributed by atoms with van der Waals surface area (Å²) in [5.74, 6) is 0.787. The van der Waals surface area contributed by atoms with E-state index in [9.17, 15) is 0 Å². The summed E-state index contributed by atoms with van der Waals surface area (Å²) in [6.45, 7) is 3.91. The van der Waals surface area contributed by atoms with Crippen LogP contribution >= 0.6 is 23.2 Å². The molecule has 2 heterocycles. The van der Waals surface area contributed by atoms with E-state index in [1.807, 2.05) is 26.0 Å². The van der Waals surface area contributed by atoms with Gasteiger partial charge in [0.1, 0.15) is 23.0 Å². The summed E-state index contributed by atoms with van der Waals surface area (Å²) in [6.07, 6.45) is 1.23. The van der Waals surface area contributed by atoms with Crippen molar-refractivity contribution < 1.29 is 0 Å². The Labute approximate surface area is 217 Å². The Bertz CT molecular complexity index is 1380. The molecule has 0 unspecified atom stereocenters. The SMILES string of the molecule is CCc1nc(N)nc(N)c1-c1ccc(Cl)c(N=Nc2cc(-c3c(N)nc(N)nc3CC)ccc2Cl)c1. The van der Waals surface area contributed by atoms with Crippen LogP contribution < -0.4 is 22.9 Å². The fourth-order valence-corrected chi connectivity index (χ4v) is 4.14. The summed E-state index contributed by atoms with van der Waals surface area (Å²) in [7, 11) is 0. The summed E-state index contributed by atoms with van der Waals surface area (Å²) in [5, 5.41) is 9.51. The number of benzene rings is 2. The van der Waals surface area contributed by atoms with E-state index in [2.05, 4.69) is 30.2 Å². The average molecular weight is 523 g/mol. The van der Waals surface area contributed by atoms with Crippen molar-refractivity contribution in [3.63, 3.8) is 0 Å². The third-order valence-corrected chi connectivity index (χ3v) is 6.10. The van der Waals surface area contributed by atoms with Crippen molar-refractivity contribution in [3.05, 3.63) is 57.8 Å². The Morgan fingerprint density at radius 1 is 0.639 bits per heavy atom. The number of hydrogen-bond donors (Lipinski definition) is 4. The highest BCUT2D eigenvalue weighted by atomic mass is 35.5. The monoisotopic (exact) mass is 522 g/mol. The quantitative estimate of drug-likeness (QED) is 0.230. The molecule has 2 aromatic heterocycles. The van der Waals surface area contributed by atoms with Crippen LogP contribution in [0.15, 0.2) is 46.6 Å². The second-order valence-electron chi connectivity index (χ2n) is 7.82. The summed E-state index contributed by atoms with van der Waals surface area (Å²) >= 11 is 12.8. The first-order valence-electron chi connectivity index (χ1n) is 11.1. The molecular formula is C24H24Cl2N10. The molecule has 12 heteroatoms. The van der Waals surface area contributed by atoms with Crippen molar-refractivity contribution in [2.45, 2.75) is 26.7 Å². The minimum Gasteiger partial charge on any atom is -0.383 e. The largest absolute Gasteiger partial charge is 0.383 e. The van der Waals surface area contributed by atoms with Gasteiger partial charge in [0, 0.05) is 11.1 Å². The first-order chi connectivity index (χ1) is 17.2. The molecule has 4 rings (SSSR count). The minimum absolute atomic E-state index is 0.120. The van der Waals surface area contributed by atoms with E-state index in [0.29, 0.717) is 45.4 Å². The Hall–Kier alpha value is -4.02. The molecule has 8 N–H and O–H groups in total. The van der Waals surface area contributed by atoms with Crippen molar-refractivity contribution in [1.29, 1.82) is 0 Å².